The number of nitrogens with zero attached hydrogens (tertiary/aromatic N) is 1. The number of sulfonamides is 1. The summed E-state index contributed by atoms with van der Waals surface area (Å²) >= 11 is 6.22. The number of amides is 1. The quantitative estimate of drug-likeness (QED) is 0.537. The molecule has 1 amide bonds. The zero-order chi connectivity index (χ0) is 23.6. The van der Waals surface area contributed by atoms with E-state index in [1.165, 1.54) is 22.5 Å². The second kappa shape index (κ2) is 9.36. The number of halogens is 3. The van der Waals surface area contributed by atoms with Crippen molar-refractivity contribution in [3.63, 3.8) is 0 Å². The Bertz CT molecular complexity index is 1320. The van der Waals surface area contributed by atoms with Gasteiger partial charge in [-0.15, -0.1) is 0 Å². The van der Waals surface area contributed by atoms with E-state index in [0.717, 1.165) is 24.1 Å². The third-order valence-corrected chi connectivity index (χ3v) is 7.23. The number of benzene rings is 3. The van der Waals surface area contributed by atoms with Crippen LogP contribution in [0.2, 0.25) is 5.02 Å². The Kier molecular flexibility index (Phi) is 6.53. The van der Waals surface area contributed by atoms with Gasteiger partial charge in [0, 0.05) is 12.6 Å². The molecule has 0 unspecified atom stereocenters. The monoisotopic (exact) mass is 492 g/mol. The van der Waals surface area contributed by atoms with Gasteiger partial charge in [-0.05, 0) is 54.8 Å². The summed E-state index contributed by atoms with van der Waals surface area (Å²) < 4.78 is 59.8. The van der Waals surface area contributed by atoms with Gasteiger partial charge in [-0.25, -0.2) is 17.2 Å². The normalized spacial score (nSPS) is 13.4. The summed E-state index contributed by atoms with van der Waals surface area (Å²) in [4.78, 5) is 12.0. The van der Waals surface area contributed by atoms with Crippen LogP contribution in [0.5, 0.6) is 5.75 Å². The maximum atomic E-state index is 13.7. The van der Waals surface area contributed by atoms with E-state index in [0.29, 0.717) is 24.7 Å². The predicted molar refractivity (Wildman–Crippen MR) is 121 cm³/mol. The Morgan fingerprint density at radius 2 is 1.88 bits per heavy atom. The third-order valence-electron chi connectivity index (χ3n) is 5.12. The minimum absolute atomic E-state index is 0.00197. The molecule has 3 aromatic rings. The third kappa shape index (κ3) is 4.94. The van der Waals surface area contributed by atoms with Gasteiger partial charge in [0.15, 0.2) is 6.61 Å². The molecule has 0 bridgehead atoms. The van der Waals surface area contributed by atoms with E-state index in [1.54, 1.807) is 12.1 Å². The highest BCUT2D eigenvalue weighted by atomic mass is 35.5. The highest BCUT2D eigenvalue weighted by Gasteiger charge is 2.29. The second-order valence-corrected chi connectivity index (χ2v) is 9.63. The summed E-state index contributed by atoms with van der Waals surface area (Å²) in [6.45, 7) is -0.155. The molecule has 0 aliphatic carbocycles. The highest BCUT2D eigenvalue weighted by molar-refractivity contribution is 7.92. The minimum atomic E-state index is -3.85. The Balaban J connectivity index is 1.46. The molecule has 1 heterocycles. The van der Waals surface area contributed by atoms with Gasteiger partial charge < -0.3 is 10.1 Å². The summed E-state index contributed by atoms with van der Waals surface area (Å²) in [5.41, 5.74) is 1.41. The van der Waals surface area contributed by atoms with E-state index in [2.05, 4.69) is 5.32 Å². The molecule has 1 aliphatic heterocycles. The van der Waals surface area contributed by atoms with Gasteiger partial charge >= 0.3 is 0 Å². The molecule has 0 aromatic heterocycles. The Hall–Kier alpha value is -3.17. The molecule has 6 nitrogen and oxygen atoms in total. The molecule has 0 saturated heterocycles. The van der Waals surface area contributed by atoms with E-state index in [9.17, 15) is 22.0 Å². The Morgan fingerprint density at radius 3 is 2.64 bits per heavy atom. The number of fused-ring (bicyclic) bond motifs is 1. The van der Waals surface area contributed by atoms with Crippen molar-refractivity contribution in [2.24, 2.45) is 0 Å². The molecule has 1 N–H and O–H groups in total. The number of nitrogens with one attached hydrogen (secondary N) is 1. The first-order chi connectivity index (χ1) is 15.8. The first kappa shape index (κ1) is 23.0. The number of carbonyl (C=O) groups excluding carboxylic acids is 1. The van der Waals surface area contributed by atoms with Crippen LogP contribution in [0.25, 0.3) is 0 Å². The van der Waals surface area contributed by atoms with Crippen LogP contribution >= 0.6 is 11.6 Å². The van der Waals surface area contributed by atoms with Gasteiger partial charge in [0.1, 0.15) is 17.4 Å². The van der Waals surface area contributed by atoms with E-state index in [4.69, 9.17) is 16.3 Å². The molecule has 10 heteroatoms. The average molecular weight is 493 g/mol. The molecule has 3 aromatic carbocycles. The maximum absolute atomic E-state index is 13.7. The fraction of sp³-hybridized carbons (Fsp3) is 0.174. The SMILES string of the molecule is O=C(COc1ccc(S(=O)(=O)N2CCCc3ccccc32)cc1Cl)Nc1ccc(F)cc1F. The molecule has 172 valence electrons. The first-order valence-electron chi connectivity index (χ1n) is 10.0. The molecule has 0 atom stereocenters. The fourth-order valence-electron chi connectivity index (χ4n) is 3.56. The van der Waals surface area contributed by atoms with Crippen molar-refractivity contribution in [3.8, 4) is 5.75 Å². The van der Waals surface area contributed by atoms with Crippen LogP contribution in [0.4, 0.5) is 20.2 Å². The van der Waals surface area contributed by atoms with E-state index in [1.807, 2.05) is 12.1 Å². The van der Waals surface area contributed by atoms with Crippen molar-refractivity contribution in [1.82, 2.24) is 0 Å². The number of hydrogen-bond donors (Lipinski definition) is 1. The molecule has 0 spiro atoms. The number of anilines is 2. The van der Waals surface area contributed by atoms with Gasteiger partial charge in [0.2, 0.25) is 0 Å². The summed E-state index contributed by atoms with van der Waals surface area (Å²) in [7, 11) is -3.85. The molecule has 0 saturated carbocycles. The van der Waals surface area contributed by atoms with E-state index >= 15 is 0 Å². The van der Waals surface area contributed by atoms with Crippen molar-refractivity contribution >= 4 is 38.9 Å². The smallest absolute Gasteiger partial charge is 0.264 e. The fourth-order valence-corrected chi connectivity index (χ4v) is 5.42. The molecule has 4 rings (SSSR count). The summed E-state index contributed by atoms with van der Waals surface area (Å²) in [5, 5.41) is 2.27. The standard InChI is InChI=1S/C23H19ClF2N2O4S/c24-18-13-17(33(30,31)28-11-3-5-15-4-1-2-6-21(15)28)8-10-22(18)32-14-23(29)27-20-9-7-16(25)12-19(20)26/h1-2,4,6-10,12-13H,3,5,11,14H2,(H,27,29). The van der Waals surface area contributed by atoms with Gasteiger partial charge in [0.25, 0.3) is 15.9 Å². The molecule has 33 heavy (non-hydrogen) atoms. The van der Waals surface area contributed by atoms with Crippen molar-refractivity contribution < 1.29 is 26.7 Å². The van der Waals surface area contributed by atoms with Crippen molar-refractivity contribution in [1.29, 1.82) is 0 Å². The van der Waals surface area contributed by atoms with Crippen molar-refractivity contribution in [2.75, 3.05) is 22.8 Å². The molecule has 0 radical (unpaired) electrons. The summed E-state index contributed by atoms with van der Waals surface area (Å²) in [6.07, 6.45) is 1.51. The minimum Gasteiger partial charge on any atom is -0.482 e. The molecular formula is C23H19ClF2N2O4S. The zero-order valence-corrected chi connectivity index (χ0v) is 18.8. The lowest BCUT2D eigenvalue weighted by atomic mass is 10.0. The van der Waals surface area contributed by atoms with Crippen LogP contribution in [-0.2, 0) is 21.2 Å². The van der Waals surface area contributed by atoms with Crippen LogP contribution in [-0.4, -0.2) is 27.5 Å². The topological polar surface area (TPSA) is 75.7 Å². The lowest BCUT2D eigenvalue weighted by molar-refractivity contribution is -0.118. The first-order valence-corrected chi connectivity index (χ1v) is 11.9. The molecular weight excluding hydrogens is 474 g/mol. The Morgan fingerprint density at radius 1 is 1.09 bits per heavy atom. The average Bonchev–Trinajstić information content (AvgIpc) is 2.79. The van der Waals surface area contributed by atoms with Crippen LogP contribution in [0.1, 0.15) is 12.0 Å². The van der Waals surface area contributed by atoms with Crippen LogP contribution in [0.3, 0.4) is 0 Å². The lowest BCUT2D eigenvalue weighted by Crippen LogP contribution is -2.35. The van der Waals surface area contributed by atoms with Gasteiger partial charge in [-0.2, -0.15) is 0 Å². The zero-order valence-electron chi connectivity index (χ0n) is 17.2. The number of ether oxygens (including phenoxy) is 1. The predicted octanol–water partition coefficient (Wildman–Crippen LogP) is 4.78. The second-order valence-electron chi connectivity index (χ2n) is 7.36. The summed E-state index contributed by atoms with van der Waals surface area (Å²) in [6, 6.07) is 14.1. The summed E-state index contributed by atoms with van der Waals surface area (Å²) in [5.74, 6) is -2.30. The maximum Gasteiger partial charge on any atom is 0.264 e. The van der Waals surface area contributed by atoms with Gasteiger partial charge in [0.05, 0.1) is 21.3 Å². The lowest BCUT2D eigenvalue weighted by Gasteiger charge is -2.30. The number of para-hydroxylation sites is 1. The van der Waals surface area contributed by atoms with Crippen LogP contribution in [0, 0.1) is 11.6 Å². The highest BCUT2D eigenvalue weighted by Crippen LogP contribution is 2.34. The van der Waals surface area contributed by atoms with Gasteiger partial charge in [-0.3, -0.25) is 9.10 Å². The van der Waals surface area contributed by atoms with E-state index in [-0.39, 0.29) is 21.4 Å². The van der Waals surface area contributed by atoms with Crippen LogP contribution < -0.4 is 14.4 Å². The molecule has 1 aliphatic rings. The number of rotatable bonds is 6. The van der Waals surface area contributed by atoms with Crippen LogP contribution in [0.15, 0.2) is 65.6 Å². The number of carbonyl (C=O) groups is 1. The van der Waals surface area contributed by atoms with Crippen molar-refractivity contribution in [2.45, 2.75) is 17.7 Å². The number of hydrogen-bond acceptors (Lipinski definition) is 4. The number of aryl methyl sites for hydroxylation is 1. The van der Waals surface area contributed by atoms with Gasteiger partial charge in [-0.1, -0.05) is 29.8 Å². The van der Waals surface area contributed by atoms with Crippen molar-refractivity contribution in [3.05, 3.63) is 82.9 Å². The Labute approximate surface area is 194 Å². The molecule has 0 fully saturated rings. The van der Waals surface area contributed by atoms with E-state index < -0.39 is 34.2 Å². The largest absolute Gasteiger partial charge is 0.482 e.